The average molecular weight is 496 g/mol. The first kappa shape index (κ1) is 26.4. The van der Waals surface area contributed by atoms with E-state index in [0.717, 1.165) is 41.9 Å². The predicted molar refractivity (Wildman–Crippen MR) is 150 cm³/mol. The second kappa shape index (κ2) is 13.0. The molecule has 0 radical (unpaired) electrons. The van der Waals surface area contributed by atoms with Crippen LogP contribution in [0.5, 0.6) is 0 Å². The summed E-state index contributed by atoms with van der Waals surface area (Å²) in [5.41, 5.74) is 4.03. The third-order valence-corrected chi connectivity index (χ3v) is 7.10. The highest BCUT2D eigenvalue weighted by Gasteiger charge is 2.40. The summed E-state index contributed by atoms with van der Waals surface area (Å²) in [4.78, 5) is 31.8. The molecule has 1 unspecified atom stereocenters. The maximum absolute atomic E-state index is 14.2. The van der Waals surface area contributed by atoms with Crippen LogP contribution >= 0.6 is 0 Å². The zero-order chi connectivity index (χ0) is 26.0. The number of hydrogen-bond acceptors (Lipinski definition) is 3. The Balaban J connectivity index is 1.62. The molecule has 1 aliphatic rings. The molecule has 0 aromatic heterocycles. The first-order valence-corrected chi connectivity index (χ1v) is 13.3. The van der Waals surface area contributed by atoms with Crippen molar-refractivity contribution in [2.24, 2.45) is 0 Å². The first-order valence-electron chi connectivity index (χ1n) is 13.3. The summed E-state index contributed by atoms with van der Waals surface area (Å²) in [7, 11) is 0. The van der Waals surface area contributed by atoms with Gasteiger partial charge in [0.2, 0.25) is 11.8 Å². The minimum Gasteiger partial charge on any atom is -0.353 e. The molecule has 37 heavy (non-hydrogen) atoms. The molecule has 4 rings (SSSR count). The van der Waals surface area contributed by atoms with Gasteiger partial charge in [0.15, 0.2) is 0 Å². The first-order chi connectivity index (χ1) is 18.1. The van der Waals surface area contributed by atoms with Gasteiger partial charge < -0.3 is 15.1 Å². The van der Waals surface area contributed by atoms with Crippen molar-refractivity contribution in [3.8, 4) is 0 Å². The molecule has 0 spiro atoms. The number of likely N-dealkylation sites (N-methyl/N-ethyl adjacent to an activating group) is 1. The van der Waals surface area contributed by atoms with Crippen LogP contribution in [0.4, 0.5) is 0 Å². The van der Waals surface area contributed by atoms with Crippen LogP contribution in [-0.2, 0) is 9.59 Å². The maximum Gasteiger partial charge on any atom is 0.243 e. The molecule has 2 amide bonds. The van der Waals surface area contributed by atoms with Crippen molar-refractivity contribution >= 4 is 17.9 Å². The molecule has 3 aromatic rings. The summed E-state index contributed by atoms with van der Waals surface area (Å²) in [6.07, 6.45) is 2.65. The zero-order valence-corrected chi connectivity index (χ0v) is 21.8. The van der Waals surface area contributed by atoms with Crippen LogP contribution in [0.15, 0.2) is 96.6 Å². The van der Waals surface area contributed by atoms with Crippen LogP contribution < -0.4 is 5.32 Å². The van der Waals surface area contributed by atoms with Gasteiger partial charge in [-0.05, 0) is 41.8 Å². The molecule has 0 bridgehead atoms. The van der Waals surface area contributed by atoms with Crippen molar-refractivity contribution in [3.05, 3.63) is 113 Å². The van der Waals surface area contributed by atoms with Gasteiger partial charge in [-0.25, -0.2) is 0 Å². The largest absolute Gasteiger partial charge is 0.353 e. The van der Waals surface area contributed by atoms with E-state index in [2.05, 4.69) is 30.1 Å². The summed E-state index contributed by atoms with van der Waals surface area (Å²) in [6, 6.07) is 29.3. The van der Waals surface area contributed by atoms with E-state index >= 15 is 0 Å². The van der Waals surface area contributed by atoms with Gasteiger partial charge in [-0.1, -0.05) is 111 Å². The number of amides is 2. The van der Waals surface area contributed by atoms with E-state index < -0.39 is 12.0 Å². The predicted octanol–water partition coefficient (Wildman–Crippen LogP) is 4.96. The Hall–Kier alpha value is -3.70. The number of rotatable bonds is 10. The molecule has 192 valence electrons. The Morgan fingerprint density at radius 3 is 1.97 bits per heavy atom. The van der Waals surface area contributed by atoms with Gasteiger partial charge in [0, 0.05) is 19.6 Å². The maximum atomic E-state index is 14.2. The Bertz CT molecular complexity index is 1130. The minimum atomic E-state index is -0.533. The van der Waals surface area contributed by atoms with Gasteiger partial charge in [-0.15, -0.1) is 0 Å². The van der Waals surface area contributed by atoms with Crippen molar-refractivity contribution in [3.63, 3.8) is 0 Å². The van der Waals surface area contributed by atoms with Gasteiger partial charge in [0.25, 0.3) is 0 Å². The molecule has 0 saturated carbocycles. The second-order valence-corrected chi connectivity index (χ2v) is 9.47. The number of carbonyl (C=O) groups is 2. The van der Waals surface area contributed by atoms with E-state index in [1.165, 1.54) is 0 Å². The molecule has 1 N–H and O–H groups in total. The van der Waals surface area contributed by atoms with Gasteiger partial charge in [0.05, 0.1) is 5.92 Å². The summed E-state index contributed by atoms with van der Waals surface area (Å²) >= 11 is 0. The molecule has 0 aliphatic carbocycles. The van der Waals surface area contributed by atoms with Crippen molar-refractivity contribution in [2.45, 2.75) is 32.2 Å². The fraction of sp³-hybridized carbons (Fsp3) is 0.312. The third kappa shape index (κ3) is 6.75. The minimum absolute atomic E-state index is 0.0437. The molecule has 5 nitrogen and oxygen atoms in total. The molecule has 1 saturated heterocycles. The molecule has 1 heterocycles. The van der Waals surface area contributed by atoms with Crippen LogP contribution in [0.25, 0.3) is 6.08 Å². The number of nitrogens with zero attached hydrogens (tertiary/aromatic N) is 2. The van der Waals surface area contributed by atoms with E-state index in [1.54, 1.807) is 4.90 Å². The summed E-state index contributed by atoms with van der Waals surface area (Å²) in [5.74, 6) is -0.598. The molecular weight excluding hydrogens is 458 g/mol. The lowest BCUT2D eigenvalue weighted by atomic mass is 9.90. The van der Waals surface area contributed by atoms with Crippen molar-refractivity contribution in [1.82, 2.24) is 15.1 Å². The van der Waals surface area contributed by atoms with Gasteiger partial charge >= 0.3 is 0 Å². The average Bonchev–Trinajstić information content (AvgIpc) is 3.37. The number of hydrogen-bond donors (Lipinski definition) is 1. The molecule has 1 atom stereocenters. The fourth-order valence-corrected chi connectivity index (χ4v) is 5.04. The Labute approximate surface area is 220 Å². The van der Waals surface area contributed by atoms with Crippen molar-refractivity contribution < 1.29 is 9.59 Å². The number of nitrogens with one attached hydrogen (secondary N) is 1. The molecular formula is C32H37N3O2. The highest BCUT2D eigenvalue weighted by atomic mass is 16.2. The summed E-state index contributed by atoms with van der Waals surface area (Å²) < 4.78 is 0. The lowest BCUT2D eigenvalue weighted by molar-refractivity contribution is -0.138. The van der Waals surface area contributed by atoms with Gasteiger partial charge in [-0.2, -0.15) is 0 Å². The number of carbonyl (C=O) groups excluding carboxylic acids is 2. The molecule has 3 aromatic carbocycles. The highest BCUT2D eigenvalue weighted by Crippen LogP contribution is 2.32. The van der Waals surface area contributed by atoms with E-state index in [0.29, 0.717) is 19.5 Å². The lowest BCUT2D eigenvalue weighted by Crippen LogP contribution is -2.48. The molecule has 5 heteroatoms. The van der Waals surface area contributed by atoms with Crippen LogP contribution in [-0.4, -0.2) is 60.4 Å². The SMILES string of the molecule is CCN(CC)CCNC(=O)C1C/C(=C\c2ccccc2)CN1C(=O)C(c1ccccc1)c1ccccc1. The monoisotopic (exact) mass is 495 g/mol. The Kier molecular flexibility index (Phi) is 9.28. The van der Waals surface area contributed by atoms with Crippen LogP contribution in [0, 0.1) is 0 Å². The van der Waals surface area contributed by atoms with E-state index in [4.69, 9.17) is 0 Å². The van der Waals surface area contributed by atoms with Crippen LogP contribution in [0.2, 0.25) is 0 Å². The smallest absolute Gasteiger partial charge is 0.243 e. The van der Waals surface area contributed by atoms with Crippen LogP contribution in [0.1, 0.15) is 42.9 Å². The van der Waals surface area contributed by atoms with Gasteiger partial charge in [-0.3, -0.25) is 9.59 Å². The van der Waals surface area contributed by atoms with E-state index in [1.807, 2.05) is 91.0 Å². The van der Waals surface area contributed by atoms with Gasteiger partial charge in [0.1, 0.15) is 6.04 Å². The Morgan fingerprint density at radius 1 is 0.892 bits per heavy atom. The van der Waals surface area contributed by atoms with E-state index in [-0.39, 0.29) is 11.8 Å². The number of benzene rings is 3. The Morgan fingerprint density at radius 2 is 1.43 bits per heavy atom. The molecule has 1 fully saturated rings. The van der Waals surface area contributed by atoms with Crippen molar-refractivity contribution in [2.75, 3.05) is 32.7 Å². The third-order valence-electron chi connectivity index (χ3n) is 7.10. The lowest BCUT2D eigenvalue weighted by Gasteiger charge is -2.29. The standard InChI is InChI=1S/C32H37N3O2/c1-3-34(4-2)21-20-33-31(36)29-23-26(22-25-14-8-5-9-15-25)24-35(29)32(37)30(27-16-10-6-11-17-27)28-18-12-7-13-19-28/h5-19,22,29-30H,3-4,20-21,23-24H2,1-2H3,(H,33,36)/b26-22+. The van der Waals surface area contributed by atoms with Crippen LogP contribution in [0.3, 0.4) is 0 Å². The normalized spacial score (nSPS) is 16.5. The number of likely N-dealkylation sites (tertiary alicyclic amines) is 1. The summed E-state index contributed by atoms with van der Waals surface area (Å²) in [6.45, 7) is 7.94. The van der Waals surface area contributed by atoms with E-state index in [9.17, 15) is 9.59 Å². The summed E-state index contributed by atoms with van der Waals surface area (Å²) in [5, 5.41) is 3.11. The topological polar surface area (TPSA) is 52.7 Å². The second-order valence-electron chi connectivity index (χ2n) is 9.47. The quantitative estimate of drug-likeness (QED) is 0.433. The van der Waals surface area contributed by atoms with Crippen molar-refractivity contribution in [1.29, 1.82) is 0 Å². The zero-order valence-electron chi connectivity index (χ0n) is 21.8. The fourth-order valence-electron chi connectivity index (χ4n) is 5.04. The molecule has 1 aliphatic heterocycles. The highest BCUT2D eigenvalue weighted by molar-refractivity contribution is 5.94.